The Hall–Kier alpha value is 0.910. The van der Waals surface area contributed by atoms with Crippen LogP contribution in [-0.4, -0.2) is 6.16 Å². The van der Waals surface area contributed by atoms with Gasteiger partial charge >= 0.3 is 0 Å². The third-order valence-electron chi connectivity index (χ3n) is 2.46. The fourth-order valence-electron chi connectivity index (χ4n) is 1.53. The van der Waals surface area contributed by atoms with Crippen molar-refractivity contribution in [1.82, 2.24) is 0 Å². The molecule has 0 amide bonds. The molecule has 0 aliphatic carbocycles. The third kappa shape index (κ3) is 12.9. The topological polar surface area (TPSA) is 0 Å². The summed E-state index contributed by atoms with van der Waals surface area (Å²) >= 11 is 0. The molecular weight excluding hydrogens is 243 g/mol. The third-order valence-corrected chi connectivity index (χ3v) is 2.79. The van der Waals surface area contributed by atoms with Crippen LogP contribution in [0.4, 0.5) is 0 Å². The van der Waals surface area contributed by atoms with Crippen LogP contribution in [0.1, 0.15) is 58.8 Å². The van der Waals surface area contributed by atoms with Crippen molar-refractivity contribution in [2.24, 2.45) is 5.92 Å². The first-order valence-electron chi connectivity index (χ1n) is 5.51. The Labute approximate surface area is 97.2 Å². The lowest BCUT2D eigenvalue weighted by Gasteiger charge is -2.08. The smallest absolute Gasteiger partial charge is 0.0379 e. The van der Waals surface area contributed by atoms with Crippen LogP contribution in [0.3, 0.4) is 0 Å². The van der Waals surface area contributed by atoms with Crippen molar-refractivity contribution in [2.45, 2.75) is 58.8 Å². The highest BCUT2D eigenvalue weighted by Crippen LogP contribution is 2.14. The maximum atomic E-state index is 2.82. The van der Waals surface area contributed by atoms with Crippen LogP contribution in [-0.2, 0) is 0 Å². The van der Waals surface area contributed by atoms with Gasteiger partial charge in [-0.1, -0.05) is 52.4 Å². The second-order valence-corrected chi connectivity index (χ2v) is 4.46. The van der Waals surface area contributed by atoms with Crippen LogP contribution in [0.15, 0.2) is 0 Å². The molecule has 0 bridgehead atoms. The number of unbranched alkanes of at least 4 members (excludes halogenated alkanes) is 4. The standard InChI is InChI=1S/C11H25P.BrH/c1-3-4-5-6-7-8-11(2)9-10-12;/h11H,3-10,12H2,1-2H3;1H. The molecule has 0 nitrogen and oxygen atoms in total. The molecular formula is C11H26BrP. The summed E-state index contributed by atoms with van der Waals surface area (Å²) in [5.74, 6) is 0.948. The summed E-state index contributed by atoms with van der Waals surface area (Å²) in [4.78, 5) is 0. The molecule has 0 spiro atoms. The van der Waals surface area contributed by atoms with E-state index in [0.717, 1.165) is 5.92 Å². The molecule has 2 unspecified atom stereocenters. The molecule has 0 rings (SSSR count). The first-order valence-corrected chi connectivity index (χ1v) is 6.33. The number of halogens is 1. The molecule has 0 aliphatic heterocycles. The Morgan fingerprint density at radius 2 is 1.62 bits per heavy atom. The zero-order chi connectivity index (χ0) is 9.23. The van der Waals surface area contributed by atoms with E-state index in [1.807, 2.05) is 0 Å². The average Bonchev–Trinajstić information content (AvgIpc) is 2.05. The van der Waals surface area contributed by atoms with Crippen molar-refractivity contribution in [3.8, 4) is 0 Å². The van der Waals surface area contributed by atoms with Gasteiger partial charge in [-0.15, -0.1) is 26.2 Å². The van der Waals surface area contributed by atoms with Gasteiger partial charge in [0.2, 0.25) is 0 Å². The highest BCUT2D eigenvalue weighted by atomic mass is 79.9. The monoisotopic (exact) mass is 268 g/mol. The highest BCUT2D eigenvalue weighted by Gasteiger charge is 1.99. The maximum absolute atomic E-state index is 2.82. The minimum absolute atomic E-state index is 0. The Morgan fingerprint density at radius 3 is 2.15 bits per heavy atom. The van der Waals surface area contributed by atoms with E-state index >= 15 is 0 Å². The van der Waals surface area contributed by atoms with E-state index in [-0.39, 0.29) is 17.0 Å². The van der Waals surface area contributed by atoms with Gasteiger partial charge in [0.15, 0.2) is 0 Å². The SMILES string of the molecule is Br.CCCCCCCC(C)CCP. The Morgan fingerprint density at radius 1 is 1.00 bits per heavy atom. The zero-order valence-electron chi connectivity index (χ0n) is 9.22. The van der Waals surface area contributed by atoms with Gasteiger partial charge in [0.05, 0.1) is 0 Å². The number of hydrogen-bond donors (Lipinski definition) is 0. The average molecular weight is 269 g/mol. The number of hydrogen-bond acceptors (Lipinski definition) is 0. The van der Waals surface area contributed by atoms with Crippen LogP contribution in [0.5, 0.6) is 0 Å². The van der Waals surface area contributed by atoms with E-state index in [2.05, 4.69) is 23.1 Å². The van der Waals surface area contributed by atoms with E-state index in [1.165, 1.54) is 51.1 Å². The van der Waals surface area contributed by atoms with Crippen LogP contribution >= 0.6 is 26.2 Å². The molecule has 0 heterocycles. The summed E-state index contributed by atoms with van der Waals surface area (Å²) in [5, 5.41) is 0. The van der Waals surface area contributed by atoms with Gasteiger partial charge in [-0.3, -0.25) is 0 Å². The van der Waals surface area contributed by atoms with Crippen LogP contribution in [0.2, 0.25) is 0 Å². The molecule has 0 fully saturated rings. The lowest BCUT2D eigenvalue weighted by molar-refractivity contribution is 0.476. The Balaban J connectivity index is 0. The zero-order valence-corrected chi connectivity index (χ0v) is 12.1. The molecule has 2 atom stereocenters. The lowest BCUT2D eigenvalue weighted by atomic mass is 10.00. The minimum atomic E-state index is 0. The first-order chi connectivity index (χ1) is 5.81. The largest absolute Gasteiger partial charge is 0.138 e. The summed E-state index contributed by atoms with van der Waals surface area (Å²) in [5.41, 5.74) is 0. The van der Waals surface area contributed by atoms with Gasteiger partial charge in [-0.2, -0.15) is 0 Å². The maximum Gasteiger partial charge on any atom is -0.0379 e. The van der Waals surface area contributed by atoms with Crippen molar-refractivity contribution in [2.75, 3.05) is 6.16 Å². The second-order valence-electron chi connectivity index (χ2n) is 3.89. The van der Waals surface area contributed by atoms with E-state index in [4.69, 9.17) is 0 Å². The second kappa shape index (κ2) is 12.9. The van der Waals surface area contributed by atoms with Gasteiger partial charge in [0, 0.05) is 0 Å². The van der Waals surface area contributed by atoms with E-state index in [1.54, 1.807) is 0 Å². The minimum Gasteiger partial charge on any atom is -0.138 e. The normalized spacial score (nSPS) is 12.2. The van der Waals surface area contributed by atoms with Crippen LogP contribution in [0.25, 0.3) is 0 Å². The summed E-state index contributed by atoms with van der Waals surface area (Å²) in [7, 11) is 2.82. The molecule has 0 aromatic carbocycles. The Bertz CT molecular complexity index is 86.2. The predicted molar refractivity (Wildman–Crippen MR) is 72.1 cm³/mol. The molecule has 13 heavy (non-hydrogen) atoms. The summed E-state index contributed by atoms with van der Waals surface area (Å²) < 4.78 is 0. The van der Waals surface area contributed by atoms with Gasteiger partial charge in [0.1, 0.15) is 0 Å². The Kier molecular flexibility index (Phi) is 16.2. The van der Waals surface area contributed by atoms with Gasteiger partial charge < -0.3 is 0 Å². The van der Waals surface area contributed by atoms with Crippen molar-refractivity contribution < 1.29 is 0 Å². The lowest BCUT2D eigenvalue weighted by Crippen LogP contribution is -1.94. The molecule has 2 heteroatoms. The van der Waals surface area contributed by atoms with Gasteiger partial charge in [-0.25, -0.2) is 0 Å². The predicted octanol–water partition coefficient (Wildman–Crippen LogP) is 4.83. The van der Waals surface area contributed by atoms with Crippen LogP contribution < -0.4 is 0 Å². The highest BCUT2D eigenvalue weighted by molar-refractivity contribution is 8.93. The molecule has 0 saturated carbocycles. The van der Waals surface area contributed by atoms with Crippen LogP contribution in [0, 0.1) is 5.92 Å². The first kappa shape index (κ1) is 16.3. The van der Waals surface area contributed by atoms with E-state index < -0.39 is 0 Å². The van der Waals surface area contributed by atoms with Crippen molar-refractivity contribution in [3.63, 3.8) is 0 Å². The van der Waals surface area contributed by atoms with E-state index in [0.29, 0.717) is 0 Å². The molecule has 0 aromatic heterocycles. The van der Waals surface area contributed by atoms with Crippen molar-refractivity contribution >= 4 is 26.2 Å². The van der Waals surface area contributed by atoms with Crippen molar-refractivity contribution in [3.05, 3.63) is 0 Å². The van der Waals surface area contributed by atoms with Crippen molar-refractivity contribution in [1.29, 1.82) is 0 Å². The molecule has 82 valence electrons. The summed E-state index contributed by atoms with van der Waals surface area (Å²) in [6.45, 7) is 4.65. The molecule has 0 aromatic rings. The molecule has 0 radical (unpaired) electrons. The fourth-order valence-corrected chi connectivity index (χ4v) is 2.09. The summed E-state index contributed by atoms with van der Waals surface area (Å²) in [6, 6.07) is 0. The van der Waals surface area contributed by atoms with E-state index in [9.17, 15) is 0 Å². The van der Waals surface area contributed by atoms with Gasteiger partial charge in [-0.05, 0) is 18.5 Å². The number of rotatable bonds is 8. The van der Waals surface area contributed by atoms with Gasteiger partial charge in [0.25, 0.3) is 0 Å². The molecule has 0 aliphatic rings. The molecule has 0 saturated heterocycles. The fraction of sp³-hybridized carbons (Fsp3) is 1.00. The molecule has 0 N–H and O–H groups in total. The quantitative estimate of drug-likeness (QED) is 0.437. The summed E-state index contributed by atoms with van der Waals surface area (Å²) in [6.07, 6.45) is 11.2.